The minimum Gasteiger partial charge on any atom is -0.462 e. The number of nitrogens with two attached hydrogens (primary N) is 1. The zero-order valence-corrected chi connectivity index (χ0v) is 21.5. The predicted octanol–water partition coefficient (Wildman–Crippen LogP) is 0.785. The molecule has 15 heteroatoms. The molecular formula is C22H30FN4O9P. The number of aromatic nitrogens is 2. The van der Waals surface area contributed by atoms with Crippen LogP contribution in [0.5, 0.6) is 5.75 Å². The van der Waals surface area contributed by atoms with E-state index in [2.05, 4.69) is 5.09 Å². The van der Waals surface area contributed by atoms with E-state index in [1.807, 2.05) is 0 Å². The van der Waals surface area contributed by atoms with E-state index >= 15 is 0 Å². The smallest absolute Gasteiger partial charge is 0.459 e. The highest BCUT2D eigenvalue weighted by atomic mass is 31.2. The number of carbonyl (C=O) groups is 1. The predicted molar refractivity (Wildman–Crippen MR) is 128 cm³/mol. The van der Waals surface area contributed by atoms with Crippen LogP contribution in [0.1, 0.15) is 33.9 Å². The Morgan fingerprint density at radius 3 is 2.59 bits per heavy atom. The highest BCUT2D eigenvalue weighted by Crippen LogP contribution is 2.46. The van der Waals surface area contributed by atoms with E-state index in [1.165, 1.54) is 26.0 Å². The van der Waals surface area contributed by atoms with Gasteiger partial charge in [0.15, 0.2) is 6.23 Å². The number of rotatable bonds is 10. The van der Waals surface area contributed by atoms with Crippen LogP contribution in [0.2, 0.25) is 0 Å². The van der Waals surface area contributed by atoms with Gasteiger partial charge < -0.3 is 24.8 Å². The van der Waals surface area contributed by atoms with E-state index in [0.29, 0.717) is 10.8 Å². The van der Waals surface area contributed by atoms with E-state index < -0.39 is 73.5 Å². The van der Waals surface area contributed by atoms with Crippen LogP contribution in [-0.2, 0) is 23.4 Å². The van der Waals surface area contributed by atoms with Gasteiger partial charge in [-0.25, -0.2) is 9.36 Å². The summed E-state index contributed by atoms with van der Waals surface area (Å²) in [5.74, 6) is -1.81. The molecule has 6 atom stereocenters. The van der Waals surface area contributed by atoms with Crippen LogP contribution < -0.4 is 26.6 Å². The molecule has 13 nitrogen and oxygen atoms in total. The van der Waals surface area contributed by atoms with Crippen molar-refractivity contribution in [2.45, 2.75) is 63.8 Å². The third-order valence-corrected chi connectivity index (χ3v) is 7.08. The number of H-pyrrole nitrogens is 1. The average Bonchev–Trinajstić information content (AvgIpc) is 3.03. The van der Waals surface area contributed by atoms with E-state index in [9.17, 15) is 28.4 Å². The summed E-state index contributed by atoms with van der Waals surface area (Å²) < 4.78 is 50.0. The van der Waals surface area contributed by atoms with Crippen molar-refractivity contribution in [1.29, 1.82) is 0 Å². The number of aliphatic hydroxyl groups excluding tert-OH is 1. The maximum Gasteiger partial charge on any atom is 0.459 e. The molecule has 0 bridgehead atoms. The second kappa shape index (κ2) is 11.3. The molecule has 1 aliphatic rings. The lowest BCUT2D eigenvalue weighted by atomic mass is 9.93. The largest absolute Gasteiger partial charge is 0.462 e. The maximum atomic E-state index is 13.8. The van der Waals surface area contributed by atoms with Crippen molar-refractivity contribution in [2.75, 3.05) is 6.61 Å². The van der Waals surface area contributed by atoms with Gasteiger partial charge in [0.1, 0.15) is 24.0 Å². The molecule has 1 unspecified atom stereocenters. The summed E-state index contributed by atoms with van der Waals surface area (Å²) in [6.07, 6.45) is -3.99. The molecule has 3 rings (SSSR count). The van der Waals surface area contributed by atoms with Crippen LogP contribution in [0.3, 0.4) is 0 Å². The van der Waals surface area contributed by atoms with Gasteiger partial charge >= 0.3 is 19.4 Å². The number of esters is 1. The SMILES string of the molecule is CC(C)OC(=O)[C@@H](C)NP(=O)(OC[C@H]1O[C@@H](n2cc(F)c(=O)[nH]c2=O)[C@](C)(N)[C@@H]1O)Oc1ccccc1. The summed E-state index contributed by atoms with van der Waals surface area (Å²) in [5.41, 5.74) is 2.29. The van der Waals surface area contributed by atoms with Crippen molar-refractivity contribution in [3.63, 3.8) is 0 Å². The molecule has 0 saturated carbocycles. The van der Waals surface area contributed by atoms with Gasteiger partial charge in [-0.1, -0.05) is 18.2 Å². The average molecular weight is 544 g/mol. The van der Waals surface area contributed by atoms with Crippen LogP contribution in [0.4, 0.5) is 4.39 Å². The summed E-state index contributed by atoms with van der Waals surface area (Å²) >= 11 is 0. The molecule has 0 aliphatic carbocycles. The van der Waals surface area contributed by atoms with Gasteiger partial charge in [-0.2, -0.15) is 9.48 Å². The topological polar surface area (TPSA) is 184 Å². The minimum absolute atomic E-state index is 0.160. The number of nitrogens with zero attached hydrogens (tertiary/aromatic N) is 1. The normalized spacial score (nSPS) is 26.0. The number of aromatic amines is 1. The molecule has 0 amide bonds. The zero-order valence-electron chi connectivity index (χ0n) is 20.6. The van der Waals surface area contributed by atoms with Crippen molar-refractivity contribution in [3.05, 3.63) is 63.2 Å². The zero-order chi connectivity index (χ0) is 27.5. The van der Waals surface area contributed by atoms with Crippen LogP contribution in [0.15, 0.2) is 46.1 Å². The number of hydrogen-bond donors (Lipinski definition) is 4. The van der Waals surface area contributed by atoms with Gasteiger partial charge in [0.05, 0.1) is 24.4 Å². The number of halogens is 1. The van der Waals surface area contributed by atoms with Crippen molar-refractivity contribution >= 4 is 13.7 Å². The Morgan fingerprint density at radius 1 is 1.32 bits per heavy atom. The summed E-state index contributed by atoms with van der Waals surface area (Å²) in [7, 11) is -4.29. The molecule has 1 aliphatic heterocycles. The number of hydrogen-bond acceptors (Lipinski definition) is 10. The monoisotopic (exact) mass is 544 g/mol. The number of para-hydroxylation sites is 1. The van der Waals surface area contributed by atoms with Crippen molar-refractivity contribution < 1.29 is 37.4 Å². The number of nitrogens with one attached hydrogen (secondary N) is 2. The Bertz CT molecular complexity index is 1270. The second-order valence-electron chi connectivity index (χ2n) is 9.02. The first-order valence-electron chi connectivity index (χ1n) is 11.3. The summed E-state index contributed by atoms with van der Waals surface area (Å²) in [6, 6.07) is 6.89. The molecule has 0 radical (unpaired) electrons. The lowest BCUT2D eigenvalue weighted by Crippen LogP contribution is -2.54. The highest BCUT2D eigenvalue weighted by Gasteiger charge is 2.53. The van der Waals surface area contributed by atoms with Gasteiger partial charge in [0.2, 0.25) is 5.82 Å². The fourth-order valence-electron chi connectivity index (χ4n) is 3.57. The molecule has 1 aromatic heterocycles. The Kier molecular flexibility index (Phi) is 8.73. The van der Waals surface area contributed by atoms with Gasteiger partial charge in [0, 0.05) is 0 Å². The first kappa shape index (κ1) is 28.7. The maximum absolute atomic E-state index is 13.8. The Hall–Kier alpha value is -2.87. The molecule has 1 aromatic carbocycles. The lowest BCUT2D eigenvalue weighted by Gasteiger charge is -2.28. The first-order chi connectivity index (χ1) is 17.2. The van der Waals surface area contributed by atoms with E-state index in [0.717, 1.165) is 0 Å². The van der Waals surface area contributed by atoms with E-state index in [-0.39, 0.29) is 5.75 Å². The van der Waals surface area contributed by atoms with Crippen LogP contribution in [-0.4, -0.2) is 57.1 Å². The molecule has 2 heterocycles. The third-order valence-electron chi connectivity index (χ3n) is 5.44. The molecule has 2 aromatic rings. The minimum atomic E-state index is -4.29. The number of ether oxygens (including phenoxy) is 2. The second-order valence-corrected chi connectivity index (χ2v) is 10.7. The molecule has 1 saturated heterocycles. The van der Waals surface area contributed by atoms with E-state index in [4.69, 9.17) is 24.3 Å². The lowest BCUT2D eigenvalue weighted by molar-refractivity contribution is -0.149. The van der Waals surface area contributed by atoms with E-state index in [1.54, 1.807) is 37.0 Å². The first-order valence-corrected chi connectivity index (χ1v) is 12.9. The molecule has 37 heavy (non-hydrogen) atoms. The van der Waals surface area contributed by atoms with Gasteiger partial charge in [-0.05, 0) is 39.8 Å². The van der Waals surface area contributed by atoms with Crippen LogP contribution >= 0.6 is 7.75 Å². The van der Waals surface area contributed by atoms with Crippen molar-refractivity contribution in [3.8, 4) is 5.75 Å². The fourth-order valence-corrected chi connectivity index (χ4v) is 5.07. The molecule has 0 spiro atoms. The van der Waals surface area contributed by atoms with Crippen molar-refractivity contribution in [2.24, 2.45) is 5.73 Å². The summed E-state index contributed by atoms with van der Waals surface area (Å²) in [5, 5.41) is 13.3. The number of carbonyl (C=O) groups excluding carboxylic acids is 1. The van der Waals surface area contributed by atoms with Gasteiger partial charge in [-0.3, -0.25) is 23.7 Å². The summed E-state index contributed by atoms with van der Waals surface area (Å²) in [4.78, 5) is 37.7. The molecule has 1 fully saturated rings. The third kappa shape index (κ3) is 6.72. The highest BCUT2D eigenvalue weighted by molar-refractivity contribution is 7.52. The molecule has 204 valence electrons. The number of aliphatic hydroxyl groups is 1. The van der Waals surface area contributed by atoms with Crippen LogP contribution in [0.25, 0.3) is 0 Å². The van der Waals surface area contributed by atoms with Gasteiger partial charge in [-0.15, -0.1) is 0 Å². The molecular weight excluding hydrogens is 514 g/mol. The van der Waals surface area contributed by atoms with Crippen molar-refractivity contribution in [1.82, 2.24) is 14.6 Å². The van der Waals surface area contributed by atoms with Gasteiger partial charge in [0.25, 0.3) is 5.56 Å². The Morgan fingerprint density at radius 2 is 1.97 bits per heavy atom. The quantitative estimate of drug-likeness (QED) is 0.245. The van der Waals surface area contributed by atoms with Crippen LogP contribution in [0, 0.1) is 5.82 Å². The standard InChI is InChI=1S/C22H30FN4O9P/c1-12(2)34-19(30)13(3)26-37(32,36-14-8-6-5-7-9-14)33-11-16-17(28)22(4,24)20(35-16)27-10-15(23)18(29)25-21(27)31/h5-10,12-13,16-17,20,28H,11,24H2,1-4H3,(H,26,32)(H,25,29,31)/t13-,16-,17-,20-,22-,37?/m1/s1. The Balaban J connectivity index is 1.82. The fraction of sp³-hybridized carbons (Fsp3) is 0.500. The molecule has 5 N–H and O–H groups in total. The Labute approximate surface area is 211 Å². The summed E-state index contributed by atoms with van der Waals surface area (Å²) in [6.45, 7) is 5.48. The number of benzene rings is 1.